The maximum atomic E-state index is 5.71. The monoisotopic (exact) mass is 331 g/mol. The standard InChI is InChI=1S/C16H17N3OS2/c1-2-14-17-18-15(20-14)10-19-7-5-12-11(6-9-22-12)16(19)13-4-3-8-21-13/h3-4,6,8-9,16H,2,5,7,10H2,1H3. The van der Waals surface area contributed by atoms with E-state index in [1.54, 1.807) is 0 Å². The molecule has 0 aliphatic carbocycles. The summed E-state index contributed by atoms with van der Waals surface area (Å²) >= 11 is 3.69. The van der Waals surface area contributed by atoms with Crippen LogP contribution in [0.25, 0.3) is 0 Å². The highest BCUT2D eigenvalue weighted by Crippen LogP contribution is 2.39. The molecule has 0 N–H and O–H groups in total. The summed E-state index contributed by atoms with van der Waals surface area (Å²) in [7, 11) is 0. The lowest BCUT2D eigenvalue weighted by atomic mass is 9.98. The molecule has 0 fully saturated rings. The SMILES string of the molecule is CCc1nnc(CN2CCc3sccc3C2c2cccs2)o1. The van der Waals surface area contributed by atoms with Crippen molar-refractivity contribution in [3.63, 3.8) is 0 Å². The van der Waals surface area contributed by atoms with Crippen molar-refractivity contribution in [2.24, 2.45) is 0 Å². The minimum absolute atomic E-state index is 0.312. The molecule has 0 bridgehead atoms. The number of fused-ring (bicyclic) bond motifs is 1. The van der Waals surface area contributed by atoms with Crippen molar-refractivity contribution in [3.8, 4) is 0 Å². The third-order valence-corrected chi connectivity index (χ3v) is 5.95. The first kappa shape index (κ1) is 14.1. The van der Waals surface area contributed by atoms with Crippen LogP contribution in [0, 0.1) is 0 Å². The Hall–Kier alpha value is -1.50. The number of aromatic nitrogens is 2. The van der Waals surface area contributed by atoms with Gasteiger partial charge in [0.2, 0.25) is 11.8 Å². The molecule has 0 amide bonds. The molecular formula is C16H17N3OS2. The van der Waals surface area contributed by atoms with E-state index in [2.05, 4.69) is 44.1 Å². The Kier molecular flexibility index (Phi) is 3.82. The Bertz CT molecular complexity index is 747. The van der Waals surface area contributed by atoms with Gasteiger partial charge in [-0.25, -0.2) is 0 Å². The van der Waals surface area contributed by atoms with Gasteiger partial charge in [0, 0.05) is 22.7 Å². The summed E-state index contributed by atoms with van der Waals surface area (Å²) < 4.78 is 5.71. The van der Waals surface area contributed by atoms with Crippen LogP contribution >= 0.6 is 22.7 Å². The lowest BCUT2D eigenvalue weighted by molar-refractivity contribution is 0.188. The van der Waals surface area contributed by atoms with Crippen molar-refractivity contribution < 1.29 is 4.42 Å². The number of rotatable bonds is 4. The molecule has 6 heteroatoms. The van der Waals surface area contributed by atoms with Crippen LogP contribution in [0.3, 0.4) is 0 Å². The maximum absolute atomic E-state index is 5.71. The van der Waals surface area contributed by atoms with E-state index in [0.717, 1.165) is 31.2 Å². The fourth-order valence-electron chi connectivity index (χ4n) is 2.99. The van der Waals surface area contributed by atoms with Gasteiger partial charge in [-0.05, 0) is 34.9 Å². The highest BCUT2D eigenvalue weighted by molar-refractivity contribution is 7.10. The second kappa shape index (κ2) is 5.95. The average molecular weight is 331 g/mol. The molecule has 3 aromatic heterocycles. The van der Waals surface area contributed by atoms with Crippen molar-refractivity contribution in [2.75, 3.05) is 6.54 Å². The first-order valence-electron chi connectivity index (χ1n) is 7.50. The van der Waals surface area contributed by atoms with Crippen LogP contribution in [0.1, 0.15) is 40.1 Å². The Morgan fingerprint density at radius 2 is 2.14 bits per heavy atom. The lowest BCUT2D eigenvalue weighted by Crippen LogP contribution is -2.34. The molecule has 4 nitrogen and oxygen atoms in total. The Balaban J connectivity index is 1.66. The van der Waals surface area contributed by atoms with E-state index in [-0.39, 0.29) is 0 Å². The van der Waals surface area contributed by atoms with E-state index in [0.29, 0.717) is 12.6 Å². The summed E-state index contributed by atoms with van der Waals surface area (Å²) in [5.74, 6) is 1.44. The maximum Gasteiger partial charge on any atom is 0.230 e. The fourth-order valence-corrected chi connectivity index (χ4v) is 4.77. The van der Waals surface area contributed by atoms with Crippen LogP contribution in [-0.4, -0.2) is 21.6 Å². The molecule has 3 aromatic rings. The number of hydrogen-bond acceptors (Lipinski definition) is 6. The smallest absolute Gasteiger partial charge is 0.230 e. The van der Waals surface area contributed by atoms with E-state index in [1.807, 2.05) is 29.6 Å². The van der Waals surface area contributed by atoms with Gasteiger partial charge in [-0.15, -0.1) is 32.9 Å². The molecule has 1 atom stereocenters. The molecule has 1 aliphatic rings. The van der Waals surface area contributed by atoms with Crippen LogP contribution < -0.4 is 0 Å². The van der Waals surface area contributed by atoms with Gasteiger partial charge >= 0.3 is 0 Å². The third-order valence-electron chi connectivity index (χ3n) is 4.03. The second-order valence-corrected chi connectivity index (χ2v) is 7.36. The van der Waals surface area contributed by atoms with Gasteiger partial charge in [0.25, 0.3) is 0 Å². The van der Waals surface area contributed by atoms with E-state index in [9.17, 15) is 0 Å². The third kappa shape index (κ3) is 2.51. The van der Waals surface area contributed by atoms with E-state index in [1.165, 1.54) is 15.3 Å². The molecule has 4 heterocycles. The van der Waals surface area contributed by atoms with Gasteiger partial charge in [-0.3, -0.25) is 4.90 Å². The molecule has 0 saturated carbocycles. The zero-order chi connectivity index (χ0) is 14.9. The van der Waals surface area contributed by atoms with Crippen LogP contribution in [0.2, 0.25) is 0 Å². The molecule has 4 rings (SSSR count). The topological polar surface area (TPSA) is 42.2 Å². The first-order chi connectivity index (χ1) is 10.8. The van der Waals surface area contributed by atoms with Crippen LogP contribution in [0.5, 0.6) is 0 Å². The first-order valence-corrected chi connectivity index (χ1v) is 9.26. The Morgan fingerprint density at radius 1 is 1.23 bits per heavy atom. The van der Waals surface area contributed by atoms with Gasteiger partial charge in [0.1, 0.15) is 0 Å². The number of thiophene rings is 2. The van der Waals surface area contributed by atoms with E-state index < -0.39 is 0 Å². The zero-order valence-corrected chi connectivity index (χ0v) is 14.0. The van der Waals surface area contributed by atoms with Crippen LogP contribution in [-0.2, 0) is 19.4 Å². The average Bonchev–Trinajstić information content (AvgIpc) is 3.28. The van der Waals surface area contributed by atoms with Crippen molar-refractivity contribution in [1.82, 2.24) is 15.1 Å². The second-order valence-electron chi connectivity index (χ2n) is 5.38. The summed E-state index contributed by atoms with van der Waals surface area (Å²) in [6, 6.07) is 6.93. The summed E-state index contributed by atoms with van der Waals surface area (Å²) in [5.41, 5.74) is 1.44. The molecule has 0 radical (unpaired) electrons. The Morgan fingerprint density at radius 3 is 2.91 bits per heavy atom. The van der Waals surface area contributed by atoms with E-state index >= 15 is 0 Å². The molecule has 114 valence electrons. The molecule has 0 aromatic carbocycles. The van der Waals surface area contributed by atoms with Crippen LogP contribution in [0.4, 0.5) is 0 Å². The highest BCUT2D eigenvalue weighted by Gasteiger charge is 2.31. The zero-order valence-electron chi connectivity index (χ0n) is 12.4. The van der Waals surface area contributed by atoms with Gasteiger partial charge < -0.3 is 4.42 Å². The van der Waals surface area contributed by atoms with Crippen LogP contribution in [0.15, 0.2) is 33.4 Å². The largest absolute Gasteiger partial charge is 0.424 e. The minimum Gasteiger partial charge on any atom is -0.424 e. The summed E-state index contributed by atoms with van der Waals surface area (Å²) in [4.78, 5) is 5.34. The minimum atomic E-state index is 0.312. The van der Waals surface area contributed by atoms with Crippen molar-refractivity contribution >= 4 is 22.7 Å². The number of hydrogen-bond donors (Lipinski definition) is 0. The van der Waals surface area contributed by atoms with Gasteiger partial charge in [0.15, 0.2) is 0 Å². The fraction of sp³-hybridized carbons (Fsp3) is 0.375. The highest BCUT2D eigenvalue weighted by atomic mass is 32.1. The van der Waals surface area contributed by atoms with E-state index in [4.69, 9.17) is 4.42 Å². The van der Waals surface area contributed by atoms with Gasteiger partial charge in [0.05, 0.1) is 12.6 Å². The molecule has 1 unspecified atom stereocenters. The van der Waals surface area contributed by atoms with Gasteiger partial charge in [-0.1, -0.05) is 13.0 Å². The van der Waals surface area contributed by atoms with Crippen molar-refractivity contribution in [2.45, 2.75) is 32.4 Å². The van der Waals surface area contributed by atoms with Gasteiger partial charge in [-0.2, -0.15) is 0 Å². The number of nitrogens with zero attached hydrogens (tertiary/aromatic N) is 3. The predicted molar refractivity (Wildman–Crippen MR) is 88.3 cm³/mol. The van der Waals surface area contributed by atoms with Crippen molar-refractivity contribution in [1.29, 1.82) is 0 Å². The molecule has 1 aliphatic heterocycles. The number of aryl methyl sites for hydroxylation is 1. The Labute approximate surface area is 137 Å². The summed E-state index contributed by atoms with van der Waals surface area (Å²) in [6.45, 7) is 3.77. The summed E-state index contributed by atoms with van der Waals surface area (Å²) in [5, 5.41) is 12.6. The molecule has 0 spiro atoms. The predicted octanol–water partition coefficient (Wildman–Crippen LogP) is 3.90. The van der Waals surface area contributed by atoms with Crippen molar-refractivity contribution in [3.05, 3.63) is 56.1 Å². The molecule has 22 heavy (non-hydrogen) atoms. The normalized spacial score (nSPS) is 18.5. The molecule has 0 saturated heterocycles. The molecular weight excluding hydrogens is 314 g/mol. The quantitative estimate of drug-likeness (QED) is 0.727. The lowest BCUT2D eigenvalue weighted by Gasteiger charge is -2.34. The summed E-state index contributed by atoms with van der Waals surface area (Å²) in [6.07, 6.45) is 1.89.